The van der Waals surface area contributed by atoms with E-state index in [9.17, 15) is 0 Å². The Morgan fingerprint density at radius 1 is 1.31 bits per heavy atom. The monoisotopic (exact) mass is 216 g/mol. The first-order valence-electron chi connectivity index (χ1n) is 6.37. The Hall–Kier alpha value is -0.860. The molecule has 2 nitrogen and oxygen atoms in total. The van der Waals surface area contributed by atoms with E-state index in [0.29, 0.717) is 6.04 Å². The average molecular weight is 216 g/mol. The summed E-state index contributed by atoms with van der Waals surface area (Å²) >= 11 is 0. The average Bonchev–Trinajstić information content (AvgIpc) is 3.13. The van der Waals surface area contributed by atoms with Crippen LogP contribution in [-0.4, -0.2) is 30.6 Å². The number of benzene rings is 1. The standard InChI is InChI=1S/C14H20N2/c1-11-3-2-4-12(9-11)14-10-16(8-7-15-14)13-5-6-13/h2-4,9,13-15H,5-8,10H2,1H3/t14-/m1/s1. The van der Waals surface area contributed by atoms with Crippen LogP contribution in [-0.2, 0) is 0 Å². The van der Waals surface area contributed by atoms with Gasteiger partial charge in [0.1, 0.15) is 0 Å². The van der Waals surface area contributed by atoms with Crippen molar-refractivity contribution in [1.29, 1.82) is 0 Å². The highest BCUT2D eigenvalue weighted by Crippen LogP contribution is 2.30. The molecule has 0 amide bonds. The highest BCUT2D eigenvalue weighted by atomic mass is 15.2. The summed E-state index contributed by atoms with van der Waals surface area (Å²) < 4.78 is 0. The SMILES string of the molecule is Cc1cccc([C@H]2CN(C3CC3)CCN2)c1. The van der Waals surface area contributed by atoms with Crippen molar-refractivity contribution in [2.24, 2.45) is 0 Å². The Balaban J connectivity index is 1.73. The molecule has 3 rings (SSSR count). The third-order valence-corrected chi connectivity index (χ3v) is 3.71. The van der Waals surface area contributed by atoms with Crippen molar-refractivity contribution < 1.29 is 0 Å². The molecule has 86 valence electrons. The van der Waals surface area contributed by atoms with Gasteiger partial charge in [-0.05, 0) is 25.3 Å². The van der Waals surface area contributed by atoms with Crippen LogP contribution in [0.1, 0.15) is 30.0 Å². The van der Waals surface area contributed by atoms with E-state index in [1.807, 2.05) is 0 Å². The summed E-state index contributed by atoms with van der Waals surface area (Å²) in [5.74, 6) is 0. The van der Waals surface area contributed by atoms with E-state index in [1.54, 1.807) is 0 Å². The number of hydrogen-bond acceptors (Lipinski definition) is 2. The molecule has 0 radical (unpaired) electrons. The van der Waals surface area contributed by atoms with Gasteiger partial charge < -0.3 is 5.32 Å². The van der Waals surface area contributed by atoms with Crippen molar-refractivity contribution in [3.05, 3.63) is 35.4 Å². The summed E-state index contributed by atoms with van der Waals surface area (Å²) in [5.41, 5.74) is 2.81. The van der Waals surface area contributed by atoms with Gasteiger partial charge in [-0.15, -0.1) is 0 Å². The number of hydrogen-bond donors (Lipinski definition) is 1. The Kier molecular flexibility index (Phi) is 2.70. The lowest BCUT2D eigenvalue weighted by atomic mass is 10.0. The first kappa shape index (κ1) is 10.3. The molecule has 1 N–H and O–H groups in total. The Morgan fingerprint density at radius 3 is 2.94 bits per heavy atom. The number of piperazine rings is 1. The van der Waals surface area contributed by atoms with Crippen LogP contribution in [0.25, 0.3) is 0 Å². The molecular weight excluding hydrogens is 196 g/mol. The lowest BCUT2D eigenvalue weighted by molar-refractivity contribution is 0.192. The third-order valence-electron chi connectivity index (χ3n) is 3.71. The van der Waals surface area contributed by atoms with Crippen LogP contribution in [0.2, 0.25) is 0 Å². The van der Waals surface area contributed by atoms with E-state index in [-0.39, 0.29) is 0 Å². The molecular formula is C14H20N2. The number of nitrogens with one attached hydrogen (secondary N) is 1. The van der Waals surface area contributed by atoms with Gasteiger partial charge >= 0.3 is 0 Å². The van der Waals surface area contributed by atoms with Gasteiger partial charge in [0.25, 0.3) is 0 Å². The van der Waals surface area contributed by atoms with Crippen molar-refractivity contribution in [3.8, 4) is 0 Å². The maximum Gasteiger partial charge on any atom is 0.0449 e. The quantitative estimate of drug-likeness (QED) is 0.814. The fourth-order valence-corrected chi connectivity index (χ4v) is 2.65. The number of aryl methyl sites for hydroxylation is 1. The van der Waals surface area contributed by atoms with Crippen molar-refractivity contribution in [1.82, 2.24) is 10.2 Å². The van der Waals surface area contributed by atoms with Gasteiger partial charge in [-0.3, -0.25) is 4.90 Å². The Labute approximate surface area is 97.6 Å². The van der Waals surface area contributed by atoms with Gasteiger partial charge in [0, 0.05) is 31.7 Å². The van der Waals surface area contributed by atoms with Gasteiger partial charge in [-0.25, -0.2) is 0 Å². The van der Waals surface area contributed by atoms with E-state index < -0.39 is 0 Å². The zero-order valence-electron chi connectivity index (χ0n) is 9.95. The highest BCUT2D eigenvalue weighted by Gasteiger charge is 2.32. The van der Waals surface area contributed by atoms with Gasteiger partial charge in [0.05, 0.1) is 0 Å². The van der Waals surface area contributed by atoms with E-state index in [0.717, 1.165) is 12.6 Å². The molecule has 1 heterocycles. The van der Waals surface area contributed by atoms with Crippen molar-refractivity contribution in [2.45, 2.75) is 31.8 Å². The van der Waals surface area contributed by atoms with Crippen LogP contribution in [0.3, 0.4) is 0 Å². The maximum atomic E-state index is 3.63. The highest BCUT2D eigenvalue weighted by molar-refractivity contribution is 5.25. The van der Waals surface area contributed by atoms with Gasteiger partial charge in [0.15, 0.2) is 0 Å². The molecule has 0 aromatic heterocycles. The fraction of sp³-hybridized carbons (Fsp3) is 0.571. The van der Waals surface area contributed by atoms with Crippen LogP contribution < -0.4 is 5.32 Å². The molecule has 1 aliphatic heterocycles. The van der Waals surface area contributed by atoms with Gasteiger partial charge in [-0.1, -0.05) is 29.8 Å². The lowest BCUT2D eigenvalue weighted by Crippen LogP contribution is -2.46. The summed E-state index contributed by atoms with van der Waals surface area (Å²) in [5, 5.41) is 3.63. The molecule has 1 aromatic rings. The predicted octanol–water partition coefficient (Wildman–Crippen LogP) is 2.10. The van der Waals surface area contributed by atoms with E-state index in [4.69, 9.17) is 0 Å². The molecule has 2 fully saturated rings. The Bertz CT molecular complexity index is 371. The molecule has 2 heteroatoms. The second kappa shape index (κ2) is 4.19. The third kappa shape index (κ3) is 2.13. The maximum absolute atomic E-state index is 3.63. The minimum atomic E-state index is 0.536. The number of nitrogens with zero attached hydrogens (tertiary/aromatic N) is 1. The van der Waals surface area contributed by atoms with Crippen molar-refractivity contribution in [3.63, 3.8) is 0 Å². The minimum absolute atomic E-state index is 0.536. The van der Waals surface area contributed by atoms with E-state index >= 15 is 0 Å². The minimum Gasteiger partial charge on any atom is -0.308 e. The zero-order valence-corrected chi connectivity index (χ0v) is 9.95. The second-order valence-corrected chi connectivity index (χ2v) is 5.15. The van der Waals surface area contributed by atoms with Crippen molar-refractivity contribution >= 4 is 0 Å². The van der Waals surface area contributed by atoms with Crippen LogP contribution in [0.15, 0.2) is 24.3 Å². The van der Waals surface area contributed by atoms with Crippen LogP contribution in [0, 0.1) is 6.92 Å². The molecule has 0 spiro atoms. The largest absolute Gasteiger partial charge is 0.308 e. The smallest absolute Gasteiger partial charge is 0.0449 e. The first-order valence-corrected chi connectivity index (χ1v) is 6.37. The lowest BCUT2D eigenvalue weighted by Gasteiger charge is -2.34. The summed E-state index contributed by atoms with van der Waals surface area (Å²) in [6.45, 7) is 5.72. The molecule has 0 unspecified atom stereocenters. The Morgan fingerprint density at radius 2 is 2.19 bits per heavy atom. The molecule has 2 aliphatic rings. The topological polar surface area (TPSA) is 15.3 Å². The molecule has 1 saturated carbocycles. The summed E-state index contributed by atoms with van der Waals surface area (Å²) in [7, 11) is 0. The van der Waals surface area contributed by atoms with Crippen LogP contribution in [0.5, 0.6) is 0 Å². The van der Waals surface area contributed by atoms with Crippen LogP contribution in [0.4, 0.5) is 0 Å². The summed E-state index contributed by atoms with van der Waals surface area (Å²) in [6, 6.07) is 10.3. The first-order chi connectivity index (χ1) is 7.83. The molecule has 1 saturated heterocycles. The van der Waals surface area contributed by atoms with Crippen LogP contribution >= 0.6 is 0 Å². The van der Waals surface area contributed by atoms with Gasteiger partial charge in [-0.2, -0.15) is 0 Å². The summed E-state index contributed by atoms with van der Waals surface area (Å²) in [6.07, 6.45) is 2.83. The van der Waals surface area contributed by atoms with E-state index in [1.165, 1.54) is 37.1 Å². The summed E-state index contributed by atoms with van der Waals surface area (Å²) in [4.78, 5) is 2.66. The molecule has 1 atom stereocenters. The molecule has 16 heavy (non-hydrogen) atoms. The molecule has 0 bridgehead atoms. The second-order valence-electron chi connectivity index (χ2n) is 5.15. The molecule has 1 aromatic carbocycles. The predicted molar refractivity (Wildman–Crippen MR) is 66.5 cm³/mol. The van der Waals surface area contributed by atoms with Gasteiger partial charge in [0.2, 0.25) is 0 Å². The van der Waals surface area contributed by atoms with Crippen molar-refractivity contribution in [2.75, 3.05) is 19.6 Å². The fourth-order valence-electron chi connectivity index (χ4n) is 2.65. The zero-order chi connectivity index (χ0) is 11.0. The normalized spacial score (nSPS) is 26.9. The molecule has 1 aliphatic carbocycles. The van der Waals surface area contributed by atoms with E-state index in [2.05, 4.69) is 41.4 Å². The number of rotatable bonds is 2.